The molecule has 1 N–H and O–H groups in total. The van der Waals surface area contributed by atoms with Gasteiger partial charge in [0.1, 0.15) is 0 Å². The van der Waals surface area contributed by atoms with Crippen LogP contribution in [0.4, 0.5) is 0 Å². The van der Waals surface area contributed by atoms with E-state index in [4.69, 9.17) is 0 Å². The molecule has 0 radical (unpaired) electrons. The summed E-state index contributed by atoms with van der Waals surface area (Å²) < 4.78 is 29.3. The molecule has 3 nitrogen and oxygen atoms in total. The SMILES string of the molecule is CCCCCCC(CNS(=O)(=O)c1ccc(C)cc1)[Se]c1ccccc1. The van der Waals surface area contributed by atoms with Gasteiger partial charge in [0.25, 0.3) is 0 Å². The second-order valence-corrected chi connectivity index (χ2v) is 11.2. The molecule has 1 unspecified atom stereocenters. The van der Waals surface area contributed by atoms with Crippen molar-refractivity contribution in [3.05, 3.63) is 60.2 Å². The molecule has 0 saturated carbocycles. The van der Waals surface area contributed by atoms with Crippen LogP contribution in [0, 0.1) is 6.92 Å². The third-order valence-electron chi connectivity index (χ3n) is 4.26. The molecule has 0 bridgehead atoms. The zero-order valence-corrected chi connectivity index (χ0v) is 18.2. The van der Waals surface area contributed by atoms with Gasteiger partial charge in [-0.1, -0.05) is 0 Å². The van der Waals surface area contributed by atoms with E-state index in [1.54, 1.807) is 12.1 Å². The van der Waals surface area contributed by atoms with Crippen molar-refractivity contribution < 1.29 is 8.42 Å². The number of sulfonamides is 1. The first-order valence-corrected chi connectivity index (χ1v) is 12.6. The Balaban J connectivity index is 1.99. The van der Waals surface area contributed by atoms with Gasteiger partial charge in [0.2, 0.25) is 0 Å². The normalized spacial score (nSPS) is 12.8. The zero-order valence-electron chi connectivity index (χ0n) is 15.6. The average Bonchev–Trinajstić information content (AvgIpc) is 2.64. The molecule has 1 atom stereocenters. The van der Waals surface area contributed by atoms with Crippen molar-refractivity contribution in [3.8, 4) is 0 Å². The third-order valence-corrected chi connectivity index (χ3v) is 8.38. The molecule has 0 aromatic heterocycles. The van der Waals surface area contributed by atoms with Crippen LogP contribution in [0.15, 0.2) is 59.5 Å². The molecule has 0 aliphatic rings. The average molecular weight is 438 g/mol. The summed E-state index contributed by atoms with van der Waals surface area (Å²) in [6.45, 7) is 4.68. The molecular weight excluding hydrogens is 409 g/mol. The van der Waals surface area contributed by atoms with Crippen molar-refractivity contribution in [3.63, 3.8) is 0 Å². The fourth-order valence-electron chi connectivity index (χ4n) is 2.70. The van der Waals surface area contributed by atoms with Gasteiger partial charge in [0.05, 0.1) is 0 Å². The summed E-state index contributed by atoms with van der Waals surface area (Å²) in [4.78, 5) is 0.724. The molecule has 0 heterocycles. The Morgan fingerprint density at radius 2 is 1.65 bits per heavy atom. The number of nitrogens with one attached hydrogen (secondary N) is 1. The van der Waals surface area contributed by atoms with Crippen molar-refractivity contribution in [2.75, 3.05) is 6.54 Å². The monoisotopic (exact) mass is 439 g/mol. The molecule has 2 rings (SSSR count). The topological polar surface area (TPSA) is 46.2 Å². The fraction of sp³-hybridized carbons (Fsp3) is 0.429. The summed E-state index contributed by atoms with van der Waals surface area (Å²) in [7, 11) is -3.44. The number of aryl methyl sites for hydroxylation is 1. The molecule has 142 valence electrons. The number of unbranched alkanes of at least 4 members (excludes halogenated alkanes) is 3. The van der Waals surface area contributed by atoms with Crippen molar-refractivity contribution >= 4 is 29.4 Å². The Morgan fingerprint density at radius 1 is 0.962 bits per heavy atom. The van der Waals surface area contributed by atoms with E-state index in [2.05, 4.69) is 35.9 Å². The number of rotatable bonds is 11. The molecule has 0 amide bonds. The molecule has 5 heteroatoms. The van der Waals surface area contributed by atoms with Gasteiger partial charge in [0, 0.05) is 0 Å². The first kappa shape index (κ1) is 21.2. The Bertz CT molecular complexity index is 745. The van der Waals surface area contributed by atoms with E-state index in [0.29, 0.717) is 16.3 Å². The van der Waals surface area contributed by atoms with Gasteiger partial charge >= 0.3 is 165 Å². The number of benzene rings is 2. The van der Waals surface area contributed by atoms with E-state index in [-0.39, 0.29) is 15.0 Å². The summed E-state index contributed by atoms with van der Waals surface area (Å²) in [5.41, 5.74) is 1.06. The van der Waals surface area contributed by atoms with Gasteiger partial charge in [0.15, 0.2) is 0 Å². The summed E-state index contributed by atoms with van der Waals surface area (Å²) in [6.07, 6.45) is 5.93. The molecule has 0 saturated heterocycles. The summed E-state index contributed by atoms with van der Waals surface area (Å²) in [5, 5.41) is 0. The van der Waals surface area contributed by atoms with Crippen LogP contribution in [0.25, 0.3) is 0 Å². The van der Waals surface area contributed by atoms with Crippen LogP contribution < -0.4 is 9.18 Å². The van der Waals surface area contributed by atoms with Crippen LogP contribution in [0.1, 0.15) is 44.6 Å². The van der Waals surface area contributed by atoms with Crippen molar-refractivity contribution in [1.29, 1.82) is 0 Å². The first-order chi connectivity index (χ1) is 12.5. The number of hydrogen-bond donors (Lipinski definition) is 1. The second kappa shape index (κ2) is 10.9. The van der Waals surface area contributed by atoms with Crippen LogP contribution in [-0.4, -0.2) is 29.9 Å². The van der Waals surface area contributed by atoms with Crippen LogP contribution in [0.5, 0.6) is 0 Å². The Morgan fingerprint density at radius 3 is 2.31 bits per heavy atom. The minimum atomic E-state index is -3.44. The predicted octanol–water partition coefficient (Wildman–Crippen LogP) is 4.06. The summed E-state index contributed by atoms with van der Waals surface area (Å²) in [6, 6.07) is 17.5. The zero-order chi connectivity index (χ0) is 18.8. The molecular formula is C21H29NO2SSe. The quantitative estimate of drug-likeness (QED) is 0.425. The summed E-state index contributed by atoms with van der Waals surface area (Å²) in [5.74, 6) is 0. The Labute approximate surface area is 164 Å². The van der Waals surface area contributed by atoms with Crippen molar-refractivity contribution in [2.45, 2.75) is 55.7 Å². The van der Waals surface area contributed by atoms with E-state index in [1.807, 2.05) is 25.1 Å². The number of hydrogen-bond acceptors (Lipinski definition) is 2. The molecule has 0 fully saturated rings. The second-order valence-electron chi connectivity index (χ2n) is 6.57. The van der Waals surface area contributed by atoms with Gasteiger partial charge in [-0.2, -0.15) is 0 Å². The minimum absolute atomic E-state index is 0.267. The van der Waals surface area contributed by atoms with Gasteiger partial charge in [-0.15, -0.1) is 0 Å². The van der Waals surface area contributed by atoms with Crippen LogP contribution in [-0.2, 0) is 10.0 Å². The third kappa shape index (κ3) is 7.24. The maximum absolute atomic E-state index is 12.6. The van der Waals surface area contributed by atoms with Crippen LogP contribution in [0.3, 0.4) is 0 Å². The van der Waals surface area contributed by atoms with E-state index in [9.17, 15) is 8.42 Å². The van der Waals surface area contributed by atoms with Crippen molar-refractivity contribution in [1.82, 2.24) is 4.72 Å². The molecule has 0 spiro atoms. The van der Waals surface area contributed by atoms with Gasteiger partial charge in [-0.25, -0.2) is 0 Å². The van der Waals surface area contributed by atoms with Gasteiger partial charge in [-0.05, 0) is 0 Å². The molecule has 0 aliphatic carbocycles. The summed E-state index contributed by atoms with van der Waals surface area (Å²) >= 11 is 0.267. The molecule has 0 aliphatic heterocycles. The standard InChI is InChI=1S/C21H29NO2SSe/c1-3-4-5-7-12-21(26-20-10-8-6-9-11-20)17-22-25(23,24)19-15-13-18(2)14-16-19/h6,8-11,13-16,21-22H,3-5,7,12,17H2,1-2H3. The first-order valence-electron chi connectivity index (χ1n) is 9.29. The Hall–Kier alpha value is -1.13. The van der Waals surface area contributed by atoms with E-state index in [0.717, 1.165) is 12.0 Å². The van der Waals surface area contributed by atoms with Gasteiger partial charge < -0.3 is 0 Å². The van der Waals surface area contributed by atoms with Crippen LogP contribution in [0.2, 0.25) is 4.82 Å². The van der Waals surface area contributed by atoms with E-state index in [1.165, 1.54) is 30.1 Å². The molecule has 26 heavy (non-hydrogen) atoms. The predicted molar refractivity (Wildman–Crippen MR) is 111 cm³/mol. The van der Waals surface area contributed by atoms with Crippen molar-refractivity contribution in [2.24, 2.45) is 0 Å². The van der Waals surface area contributed by atoms with E-state index < -0.39 is 10.0 Å². The van der Waals surface area contributed by atoms with E-state index >= 15 is 0 Å². The van der Waals surface area contributed by atoms with Crippen LogP contribution >= 0.6 is 0 Å². The van der Waals surface area contributed by atoms with Gasteiger partial charge in [-0.3, -0.25) is 0 Å². The Kier molecular flexibility index (Phi) is 8.86. The fourth-order valence-corrected chi connectivity index (χ4v) is 6.43. The maximum atomic E-state index is 12.6. The molecule has 2 aromatic rings. The molecule has 2 aromatic carbocycles.